The Labute approximate surface area is 95.2 Å². The van der Waals surface area contributed by atoms with E-state index in [1.165, 1.54) is 19.3 Å². The van der Waals surface area contributed by atoms with Crippen molar-refractivity contribution in [3.8, 4) is 0 Å². The first-order valence-corrected chi connectivity index (χ1v) is 6.44. The molecule has 4 atom stereocenters. The number of rotatable bonds is 4. The standard InChI is InChI=1S/C13H28N2/c1-10(8-14)9-15(4)13-6-5-11(2)12(3)7-13/h10-13H,5-9,14H2,1-4H3. The highest BCUT2D eigenvalue weighted by molar-refractivity contribution is 4.81. The summed E-state index contributed by atoms with van der Waals surface area (Å²) in [6, 6.07) is 0.796. The zero-order valence-corrected chi connectivity index (χ0v) is 10.9. The van der Waals surface area contributed by atoms with Crippen LogP contribution in [0, 0.1) is 17.8 Å². The molecule has 2 nitrogen and oxygen atoms in total. The molecule has 2 N–H and O–H groups in total. The van der Waals surface area contributed by atoms with Gasteiger partial charge in [-0.05, 0) is 50.6 Å². The quantitative estimate of drug-likeness (QED) is 0.775. The second-order valence-electron chi connectivity index (χ2n) is 5.70. The number of nitrogens with zero attached hydrogens (tertiary/aromatic N) is 1. The van der Waals surface area contributed by atoms with E-state index in [9.17, 15) is 0 Å². The predicted octanol–water partition coefficient (Wildman–Crippen LogP) is 2.34. The van der Waals surface area contributed by atoms with Crippen molar-refractivity contribution in [1.29, 1.82) is 0 Å². The van der Waals surface area contributed by atoms with Crippen LogP contribution in [-0.2, 0) is 0 Å². The molecular weight excluding hydrogens is 184 g/mol. The maximum absolute atomic E-state index is 5.67. The third-order valence-corrected chi connectivity index (χ3v) is 4.20. The van der Waals surface area contributed by atoms with Crippen LogP contribution in [0.5, 0.6) is 0 Å². The van der Waals surface area contributed by atoms with Crippen molar-refractivity contribution in [2.75, 3.05) is 20.1 Å². The van der Waals surface area contributed by atoms with Crippen LogP contribution in [0.25, 0.3) is 0 Å². The van der Waals surface area contributed by atoms with E-state index in [1.54, 1.807) is 0 Å². The third kappa shape index (κ3) is 3.76. The predicted molar refractivity (Wildman–Crippen MR) is 66.8 cm³/mol. The minimum absolute atomic E-state index is 0.629. The van der Waals surface area contributed by atoms with Crippen molar-refractivity contribution in [2.45, 2.75) is 46.1 Å². The lowest BCUT2D eigenvalue weighted by atomic mass is 9.78. The van der Waals surface area contributed by atoms with Gasteiger partial charge < -0.3 is 10.6 Å². The average Bonchev–Trinajstić information content (AvgIpc) is 2.21. The van der Waals surface area contributed by atoms with Gasteiger partial charge in [-0.15, -0.1) is 0 Å². The van der Waals surface area contributed by atoms with Crippen molar-refractivity contribution in [1.82, 2.24) is 4.90 Å². The molecule has 1 fully saturated rings. The van der Waals surface area contributed by atoms with Crippen LogP contribution in [0.4, 0.5) is 0 Å². The molecule has 0 heterocycles. The summed E-state index contributed by atoms with van der Waals surface area (Å²) in [6.07, 6.45) is 4.14. The average molecular weight is 212 g/mol. The smallest absolute Gasteiger partial charge is 0.00950 e. The van der Waals surface area contributed by atoms with Gasteiger partial charge in [0.2, 0.25) is 0 Å². The summed E-state index contributed by atoms with van der Waals surface area (Å²) < 4.78 is 0. The molecule has 0 aliphatic heterocycles. The zero-order valence-electron chi connectivity index (χ0n) is 10.9. The van der Waals surface area contributed by atoms with Gasteiger partial charge in [0.05, 0.1) is 0 Å². The second-order valence-corrected chi connectivity index (χ2v) is 5.70. The molecule has 4 unspecified atom stereocenters. The van der Waals surface area contributed by atoms with Crippen LogP contribution in [0.3, 0.4) is 0 Å². The minimum Gasteiger partial charge on any atom is -0.330 e. The normalized spacial score (nSPS) is 34.4. The van der Waals surface area contributed by atoms with Crippen LogP contribution < -0.4 is 5.73 Å². The topological polar surface area (TPSA) is 29.3 Å². The van der Waals surface area contributed by atoms with E-state index in [0.29, 0.717) is 5.92 Å². The van der Waals surface area contributed by atoms with Crippen LogP contribution in [-0.4, -0.2) is 31.1 Å². The molecule has 0 amide bonds. The Morgan fingerprint density at radius 3 is 2.47 bits per heavy atom. The van der Waals surface area contributed by atoms with Gasteiger partial charge in [0.25, 0.3) is 0 Å². The van der Waals surface area contributed by atoms with Crippen molar-refractivity contribution in [3.63, 3.8) is 0 Å². The van der Waals surface area contributed by atoms with Crippen molar-refractivity contribution in [2.24, 2.45) is 23.5 Å². The highest BCUT2D eigenvalue weighted by Crippen LogP contribution is 2.31. The van der Waals surface area contributed by atoms with Gasteiger partial charge >= 0.3 is 0 Å². The second kappa shape index (κ2) is 5.86. The summed E-state index contributed by atoms with van der Waals surface area (Å²) in [5, 5.41) is 0. The number of nitrogens with two attached hydrogens (primary N) is 1. The minimum atomic E-state index is 0.629. The lowest BCUT2D eigenvalue weighted by Gasteiger charge is -2.38. The van der Waals surface area contributed by atoms with Crippen LogP contribution in [0.15, 0.2) is 0 Å². The molecule has 0 spiro atoms. The fraction of sp³-hybridized carbons (Fsp3) is 1.00. The summed E-state index contributed by atoms with van der Waals surface area (Å²) in [5.74, 6) is 2.44. The van der Waals surface area contributed by atoms with E-state index in [0.717, 1.165) is 31.0 Å². The molecule has 1 aliphatic carbocycles. The Bertz CT molecular complexity index is 181. The van der Waals surface area contributed by atoms with Gasteiger partial charge in [0.15, 0.2) is 0 Å². The van der Waals surface area contributed by atoms with E-state index in [1.807, 2.05) is 0 Å². The monoisotopic (exact) mass is 212 g/mol. The molecule has 0 saturated heterocycles. The van der Waals surface area contributed by atoms with Gasteiger partial charge in [0.1, 0.15) is 0 Å². The van der Waals surface area contributed by atoms with Gasteiger partial charge in [0, 0.05) is 12.6 Å². The molecule has 0 radical (unpaired) electrons. The maximum Gasteiger partial charge on any atom is 0.00950 e. The fourth-order valence-corrected chi connectivity index (χ4v) is 2.63. The maximum atomic E-state index is 5.67. The first kappa shape index (κ1) is 13.0. The van der Waals surface area contributed by atoms with E-state index in [4.69, 9.17) is 5.73 Å². The van der Waals surface area contributed by atoms with Crippen LogP contribution >= 0.6 is 0 Å². The molecule has 0 aromatic rings. The Balaban J connectivity index is 2.37. The van der Waals surface area contributed by atoms with Gasteiger partial charge in [-0.2, -0.15) is 0 Å². The Morgan fingerprint density at radius 2 is 1.93 bits per heavy atom. The zero-order chi connectivity index (χ0) is 11.4. The lowest BCUT2D eigenvalue weighted by Crippen LogP contribution is -2.40. The van der Waals surface area contributed by atoms with E-state index in [-0.39, 0.29) is 0 Å². The third-order valence-electron chi connectivity index (χ3n) is 4.20. The van der Waals surface area contributed by atoms with Crippen LogP contribution in [0.1, 0.15) is 40.0 Å². The van der Waals surface area contributed by atoms with E-state index >= 15 is 0 Å². The molecule has 90 valence electrons. The SMILES string of the molecule is CC(CN)CN(C)C1CCC(C)C(C)C1. The fourth-order valence-electron chi connectivity index (χ4n) is 2.63. The highest BCUT2D eigenvalue weighted by atomic mass is 15.1. The molecule has 2 heteroatoms. The molecule has 1 rings (SSSR count). The Kier molecular flexibility index (Phi) is 5.07. The summed E-state index contributed by atoms with van der Waals surface area (Å²) in [5.41, 5.74) is 5.67. The van der Waals surface area contributed by atoms with Gasteiger partial charge in [-0.25, -0.2) is 0 Å². The summed E-state index contributed by atoms with van der Waals surface area (Å²) >= 11 is 0. The van der Waals surface area contributed by atoms with Gasteiger partial charge in [-0.3, -0.25) is 0 Å². The van der Waals surface area contributed by atoms with E-state index < -0.39 is 0 Å². The highest BCUT2D eigenvalue weighted by Gasteiger charge is 2.27. The lowest BCUT2D eigenvalue weighted by molar-refractivity contribution is 0.120. The van der Waals surface area contributed by atoms with Crippen molar-refractivity contribution in [3.05, 3.63) is 0 Å². The molecular formula is C13H28N2. The molecule has 1 saturated carbocycles. The summed E-state index contributed by atoms with van der Waals surface area (Å²) in [6.45, 7) is 9.00. The van der Waals surface area contributed by atoms with Crippen molar-refractivity contribution >= 4 is 0 Å². The summed E-state index contributed by atoms with van der Waals surface area (Å²) in [4.78, 5) is 2.53. The molecule has 15 heavy (non-hydrogen) atoms. The summed E-state index contributed by atoms with van der Waals surface area (Å²) in [7, 11) is 2.26. The molecule has 0 bridgehead atoms. The molecule has 0 aromatic heterocycles. The Morgan fingerprint density at radius 1 is 1.27 bits per heavy atom. The van der Waals surface area contributed by atoms with Gasteiger partial charge in [-0.1, -0.05) is 20.8 Å². The first-order valence-electron chi connectivity index (χ1n) is 6.44. The van der Waals surface area contributed by atoms with E-state index in [2.05, 4.69) is 32.7 Å². The number of hydrogen-bond acceptors (Lipinski definition) is 2. The molecule has 0 aromatic carbocycles. The first-order chi connectivity index (χ1) is 7.04. The Hall–Kier alpha value is -0.0800. The van der Waals surface area contributed by atoms with Crippen LogP contribution in [0.2, 0.25) is 0 Å². The molecule has 1 aliphatic rings. The largest absolute Gasteiger partial charge is 0.330 e. The van der Waals surface area contributed by atoms with Crippen molar-refractivity contribution < 1.29 is 0 Å². The number of hydrogen-bond donors (Lipinski definition) is 1.